The number of pyridine rings is 1. The number of aromatic nitrogens is 5. The standard InChI is InChI=1S/C27H29F4N7O2/c1-26(2,39)27(3,40)22-11-20-21(13-32-22)34-23(17-12-33-38(15-17)25(30)31)24(35-20)37-8-6-36(7-9-37)14-16-4-5-18(28)10-19(16)29/h4-5,10-13,15,25,39-40H,6-9,14H2,1-3H3/t27-/m0/s1. The van der Waals surface area contributed by atoms with E-state index in [0.29, 0.717) is 71.1 Å². The molecular weight excluding hydrogens is 530 g/mol. The van der Waals surface area contributed by atoms with E-state index in [1.807, 2.05) is 9.80 Å². The van der Waals surface area contributed by atoms with Crippen LogP contribution in [0.15, 0.2) is 42.9 Å². The maximum absolute atomic E-state index is 14.2. The zero-order valence-electron chi connectivity index (χ0n) is 22.2. The average molecular weight is 560 g/mol. The van der Waals surface area contributed by atoms with E-state index in [4.69, 9.17) is 4.98 Å². The lowest BCUT2D eigenvalue weighted by molar-refractivity contribution is -0.127. The minimum Gasteiger partial charge on any atom is -0.387 e. The van der Waals surface area contributed by atoms with Crippen LogP contribution in [0.3, 0.4) is 0 Å². The molecule has 1 fully saturated rings. The molecule has 1 aromatic carbocycles. The maximum Gasteiger partial charge on any atom is 0.333 e. The fourth-order valence-electron chi connectivity index (χ4n) is 4.52. The van der Waals surface area contributed by atoms with Crippen molar-refractivity contribution in [2.75, 3.05) is 31.1 Å². The summed E-state index contributed by atoms with van der Waals surface area (Å²) >= 11 is 0. The molecule has 1 aliphatic rings. The minimum absolute atomic E-state index is 0.192. The van der Waals surface area contributed by atoms with Crippen LogP contribution in [-0.4, -0.2) is 71.6 Å². The highest BCUT2D eigenvalue weighted by Gasteiger charge is 2.41. The number of anilines is 1. The van der Waals surface area contributed by atoms with Crippen LogP contribution in [0.1, 0.15) is 38.6 Å². The number of piperazine rings is 1. The summed E-state index contributed by atoms with van der Waals surface area (Å²) in [5.74, 6) is -0.812. The van der Waals surface area contributed by atoms with Gasteiger partial charge in [-0.1, -0.05) is 6.07 Å². The third-order valence-electron chi connectivity index (χ3n) is 7.38. The fourth-order valence-corrected chi connectivity index (χ4v) is 4.52. The predicted molar refractivity (Wildman–Crippen MR) is 140 cm³/mol. The molecule has 0 spiro atoms. The second-order valence-corrected chi connectivity index (χ2v) is 10.6. The van der Waals surface area contributed by atoms with Crippen molar-refractivity contribution in [1.29, 1.82) is 0 Å². The maximum atomic E-state index is 14.2. The van der Waals surface area contributed by atoms with E-state index >= 15 is 0 Å². The molecule has 1 saturated heterocycles. The van der Waals surface area contributed by atoms with Crippen molar-refractivity contribution in [2.45, 2.75) is 45.1 Å². The van der Waals surface area contributed by atoms with Crippen molar-refractivity contribution >= 4 is 16.9 Å². The van der Waals surface area contributed by atoms with Crippen LogP contribution in [0.2, 0.25) is 0 Å². The molecule has 0 unspecified atom stereocenters. The first-order chi connectivity index (χ1) is 18.8. The van der Waals surface area contributed by atoms with Gasteiger partial charge in [0.2, 0.25) is 0 Å². The topological polar surface area (TPSA) is 103 Å². The van der Waals surface area contributed by atoms with Crippen molar-refractivity contribution in [3.63, 3.8) is 0 Å². The Bertz CT molecular complexity index is 1530. The summed E-state index contributed by atoms with van der Waals surface area (Å²) in [4.78, 5) is 17.7. The van der Waals surface area contributed by atoms with Crippen molar-refractivity contribution < 1.29 is 27.8 Å². The van der Waals surface area contributed by atoms with E-state index in [-0.39, 0.29) is 5.69 Å². The Labute approximate surface area is 227 Å². The number of aliphatic hydroxyl groups is 2. The Kier molecular flexibility index (Phi) is 7.23. The smallest absolute Gasteiger partial charge is 0.333 e. The lowest BCUT2D eigenvalue weighted by Crippen LogP contribution is -2.46. The normalized spacial score (nSPS) is 16.6. The van der Waals surface area contributed by atoms with Crippen LogP contribution in [-0.2, 0) is 12.1 Å². The van der Waals surface area contributed by atoms with Gasteiger partial charge in [0.05, 0.1) is 29.2 Å². The summed E-state index contributed by atoms with van der Waals surface area (Å²) in [5, 5.41) is 25.2. The van der Waals surface area contributed by atoms with E-state index in [0.717, 1.165) is 6.07 Å². The van der Waals surface area contributed by atoms with Gasteiger partial charge in [0.15, 0.2) is 5.82 Å². The molecule has 0 saturated carbocycles. The molecule has 0 aliphatic carbocycles. The van der Waals surface area contributed by atoms with Gasteiger partial charge in [0.25, 0.3) is 0 Å². The highest BCUT2D eigenvalue weighted by Crippen LogP contribution is 2.35. The SMILES string of the molecule is CC(C)(O)[C@@](C)(O)c1cc2nc(N3CCN(Cc4ccc(F)cc4F)CC3)c(-c3cnn(C(F)F)c3)nc2cn1. The first-order valence-electron chi connectivity index (χ1n) is 12.7. The van der Waals surface area contributed by atoms with Crippen LogP contribution in [0.25, 0.3) is 22.3 Å². The first-order valence-corrected chi connectivity index (χ1v) is 12.7. The van der Waals surface area contributed by atoms with Gasteiger partial charge in [-0.05, 0) is 32.9 Å². The summed E-state index contributed by atoms with van der Waals surface area (Å²) < 4.78 is 54.6. The molecule has 5 rings (SSSR count). The van der Waals surface area contributed by atoms with Crippen LogP contribution in [0.4, 0.5) is 23.4 Å². The highest BCUT2D eigenvalue weighted by atomic mass is 19.3. The van der Waals surface area contributed by atoms with E-state index in [2.05, 4.69) is 15.1 Å². The number of alkyl halides is 2. The van der Waals surface area contributed by atoms with Crippen LogP contribution >= 0.6 is 0 Å². The van der Waals surface area contributed by atoms with Gasteiger partial charge in [0.1, 0.15) is 28.4 Å². The molecule has 0 amide bonds. The first kappa shape index (κ1) is 27.9. The lowest BCUT2D eigenvalue weighted by Gasteiger charge is -2.36. The molecule has 1 aliphatic heterocycles. The van der Waals surface area contributed by atoms with Gasteiger partial charge in [-0.2, -0.15) is 13.9 Å². The molecule has 13 heteroatoms. The molecule has 9 nitrogen and oxygen atoms in total. The van der Waals surface area contributed by atoms with Crippen LogP contribution in [0.5, 0.6) is 0 Å². The predicted octanol–water partition coefficient (Wildman–Crippen LogP) is 3.86. The number of nitrogens with zero attached hydrogens (tertiary/aromatic N) is 7. The molecular formula is C27H29F4N7O2. The van der Waals surface area contributed by atoms with E-state index in [1.54, 1.807) is 6.07 Å². The van der Waals surface area contributed by atoms with Crippen molar-refractivity contribution in [3.05, 3.63) is 65.7 Å². The highest BCUT2D eigenvalue weighted by molar-refractivity contribution is 5.83. The second-order valence-electron chi connectivity index (χ2n) is 10.6. The fraction of sp³-hybridized carbons (Fsp3) is 0.407. The van der Waals surface area contributed by atoms with E-state index < -0.39 is 29.4 Å². The van der Waals surface area contributed by atoms with Gasteiger partial charge >= 0.3 is 6.55 Å². The zero-order valence-corrected chi connectivity index (χ0v) is 22.2. The molecule has 2 N–H and O–H groups in total. The number of benzene rings is 1. The van der Waals surface area contributed by atoms with Gasteiger partial charge in [0, 0.05) is 56.1 Å². The number of fused-ring (bicyclic) bond motifs is 1. The molecule has 0 radical (unpaired) electrons. The lowest BCUT2D eigenvalue weighted by atomic mass is 9.84. The Morgan fingerprint density at radius 2 is 1.68 bits per heavy atom. The molecule has 4 aromatic rings. The van der Waals surface area contributed by atoms with E-state index in [9.17, 15) is 27.8 Å². The van der Waals surface area contributed by atoms with E-state index in [1.165, 1.54) is 51.5 Å². The molecule has 0 bridgehead atoms. The minimum atomic E-state index is -2.82. The Morgan fingerprint density at radius 3 is 2.30 bits per heavy atom. The number of halogens is 4. The summed E-state index contributed by atoms with van der Waals surface area (Å²) in [6.07, 6.45) is 3.90. The van der Waals surface area contributed by atoms with Crippen LogP contribution < -0.4 is 4.90 Å². The second kappa shape index (κ2) is 10.4. The molecule has 4 heterocycles. The zero-order chi connectivity index (χ0) is 28.8. The quantitative estimate of drug-likeness (QED) is 0.329. The largest absolute Gasteiger partial charge is 0.387 e. The van der Waals surface area contributed by atoms with Gasteiger partial charge in [-0.3, -0.25) is 9.88 Å². The summed E-state index contributed by atoms with van der Waals surface area (Å²) in [6, 6.07) is 5.06. The Hall–Kier alpha value is -3.68. The summed E-state index contributed by atoms with van der Waals surface area (Å²) in [5.41, 5.74) is -1.18. The van der Waals surface area contributed by atoms with Gasteiger partial charge in [-0.15, -0.1) is 0 Å². The Balaban J connectivity index is 1.49. The number of rotatable bonds is 7. The number of hydrogen-bond donors (Lipinski definition) is 2. The van der Waals surface area contributed by atoms with Crippen molar-refractivity contribution in [3.8, 4) is 11.3 Å². The average Bonchev–Trinajstić information content (AvgIpc) is 3.40. The summed E-state index contributed by atoms with van der Waals surface area (Å²) in [6.45, 7) is 3.87. The Morgan fingerprint density at radius 1 is 0.950 bits per heavy atom. The van der Waals surface area contributed by atoms with Crippen molar-refractivity contribution in [1.82, 2.24) is 29.6 Å². The number of hydrogen-bond acceptors (Lipinski definition) is 8. The molecule has 40 heavy (non-hydrogen) atoms. The van der Waals surface area contributed by atoms with Gasteiger partial charge in [-0.25, -0.2) is 23.4 Å². The van der Waals surface area contributed by atoms with Crippen LogP contribution in [0, 0.1) is 11.6 Å². The molecule has 212 valence electrons. The third kappa shape index (κ3) is 5.36. The third-order valence-corrected chi connectivity index (χ3v) is 7.38. The monoisotopic (exact) mass is 559 g/mol. The molecule has 1 atom stereocenters. The van der Waals surface area contributed by atoms with Crippen molar-refractivity contribution in [2.24, 2.45) is 0 Å². The van der Waals surface area contributed by atoms with Gasteiger partial charge < -0.3 is 15.1 Å². The summed E-state index contributed by atoms with van der Waals surface area (Å²) in [7, 11) is 0. The molecule has 3 aromatic heterocycles.